The van der Waals surface area contributed by atoms with Crippen LogP contribution < -0.4 is 5.32 Å². The minimum Gasteiger partial charge on any atom is -0.468 e. The maximum absolute atomic E-state index is 12.7. The second-order valence-electron chi connectivity index (χ2n) is 7.00. The van der Waals surface area contributed by atoms with Gasteiger partial charge in [-0.2, -0.15) is 0 Å². The highest BCUT2D eigenvalue weighted by Crippen LogP contribution is 2.26. The molecule has 1 saturated heterocycles. The largest absolute Gasteiger partial charge is 0.468 e. The lowest BCUT2D eigenvalue weighted by atomic mass is 10.1. The lowest BCUT2D eigenvalue weighted by molar-refractivity contribution is -0.123. The molecular formula is C19H22Cl2N2O4S. The van der Waals surface area contributed by atoms with E-state index in [1.807, 2.05) is 17.9 Å². The molecule has 1 fully saturated rings. The van der Waals surface area contributed by atoms with Crippen molar-refractivity contribution in [2.24, 2.45) is 0 Å². The van der Waals surface area contributed by atoms with Gasteiger partial charge in [0.25, 0.3) is 0 Å². The van der Waals surface area contributed by atoms with Gasteiger partial charge in [-0.15, -0.1) is 0 Å². The first kappa shape index (κ1) is 21.2. The number of hydrogen-bond acceptors (Lipinski definition) is 5. The van der Waals surface area contributed by atoms with Crippen LogP contribution in [-0.4, -0.2) is 43.3 Å². The Morgan fingerprint density at radius 3 is 2.75 bits per heavy atom. The fourth-order valence-electron chi connectivity index (χ4n) is 3.38. The van der Waals surface area contributed by atoms with Gasteiger partial charge in [0.2, 0.25) is 5.91 Å². The van der Waals surface area contributed by atoms with Gasteiger partial charge in [0.1, 0.15) is 5.76 Å². The van der Waals surface area contributed by atoms with Crippen LogP contribution in [0.2, 0.25) is 10.0 Å². The van der Waals surface area contributed by atoms with E-state index in [9.17, 15) is 13.2 Å². The van der Waals surface area contributed by atoms with E-state index in [0.717, 1.165) is 5.56 Å². The summed E-state index contributed by atoms with van der Waals surface area (Å²) >= 11 is 12.1. The van der Waals surface area contributed by atoms with Gasteiger partial charge in [-0.05, 0) is 43.2 Å². The predicted octanol–water partition coefficient (Wildman–Crippen LogP) is 3.45. The first-order chi connectivity index (χ1) is 13.2. The summed E-state index contributed by atoms with van der Waals surface area (Å²) < 4.78 is 29.2. The molecule has 0 aliphatic carbocycles. The van der Waals surface area contributed by atoms with Crippen molar-refractivity contribution in [3.8, 4) is 0 Å². The van der Waals surface area contributed by atoms with Gasteiger partial charge in [-0.25, -0.2) is 8.42 Å². The number of halogens is 2. The SMILES string of the molecule is C[C@H](NC(=O)CN(Cc1ccco1)[C@H]1CCS(=O)(=O)C1)c1ccc(Cl)cc1Cl. The summed E-state index contributed by atoms with van der Waals surface area (Å²) in [6, 6.07) is 8.19. The zero-order valence-corrected chi connectivity index (χ0v) is 17.7. The van der Waals surface area contributed by atoms with Crippen LogP contribution in [0.25, 0.3) is 0 Å². The van der Waals surface area contributed by atoms with E-state index < -0.39 is 9.84 Å². The van der Waals surface area contributed by atoms with E-state index in [1.54, 1.807) is 30.5 Å². The number of sulfone groups is 1. The van der Waals surface area contributed by atoms with Crippen molar-refractivity contribution in [2.45, 2.75) is 32.0 Å². The highest BCUT2D eigenvalue weighted by Gasteiger charge is 2.33. The molecule has 1 amide bonds. The van der Waals surface area contributed by atoms with Gasteiger partial charge in [0.15, 0.2) is 9.84 Å². The molecule has 0 unspecified atom stereocenters. The molecule has 0 bridgehead atoms. The number of hydrogen-bond donors (Lipinski definition) is 1. The molecule has 3 rings (SSSR count). The fourth-order valence-corrected chi connectivity index (χ4v) is 5.72. The molecule has 1 aliphatic heterocycles. The molecule has 0 saturated carbocycles. The Labute approximate surface area is 174 Å². The zero-order chi connectivity index (χ0) is 20.3. The van der Waals surface area contributed by atoms with Gasteiger partial charge in [-0.1, -0.05) is 29.3 Å². The summed E-state index contributed by atoms with van der Waals surface area (Å²) in [5, 5.41) is 3.93. The Hall–Kier alpha value is -1.54. The summed E-state index contributed by atoms with van der Waals surface area (Å²) in [7, 11) is -3.06. The van der Waals surface area contributed by atoms with Crippen LogP contribution in [0, 0.1) is 0 Å². The number of nitrogens with one attached hydrogen (secondary N) is 1. The standard InChI is InChI=1S/C19H22Cl2N2O4S/c1-13(17-5-4-14(20)9-18(17)21)22-19(24)11-23(10-16-3-2-7-27-16)15-6-8-28(25,26)12-15/h2-5,7,9,13,15H,6,8,10-12H2,1H3,(H,22,24)/t13-,15-/m0/s1. The Balaban J connectivity index is 1.68. The van der Waals surface area contributed by atoms with Crippen molar-refractivity contribution in [3.63, 3.8) is 0 Å². The maximum atomic E-state index is 12.7. The van der Waals surface area contributed by atoms with Crippen LogP contribution in [0.1, 0.15) is 30.7 Å². The van der Waals surface area contributed by atoms with Gasteiger partial charge in [-0.3, -0.25) is 9.69 Å². The minimum atomic E-state index is -3.06. The number of carbonyl (C=O) groups excluding carboxylic acids is 1. The molecule has 2 atom stereocenters. The number of carbonyl (C=O) groups is 1. The number of amides is 1. The fraction of sp³-hybridized carbons (Fsp3) is 0.421. The summed E-state index contributed by atoms with van der Waals surface area (Å²) in [5.74, 6) is 0.671. The van der Waals surface area contributed by atoms with Crippen LogP contribution in [0.15, 0.2) is 41.0 Å². The highest BCUT2D eigenvalue weighted by molar-refractivity contribution is 7.91. The van der Waals surface area contributed by atoms with Crippen LogP contribution in [-0.2, 0) is 21.2 Å². The Kier molecular flexibility index (Phi) is 6.70. The van der Waals surface area contributed by atoms with Crippen LogP contribution in [0.3, 0.4) is 0 Å². The average molecular weight is 445 g/mol. The molecule has 2 heterocycles. The van der Waals surface area contributed by atoms with Crippen LogP contribution >= 0.6 is 23.2 Å². The molecule has 6 nitrogen and oxygen atoms in total. The Morgan fingerprint density at radius 2 is 2.14 bits per heavy atom. The molecule has 1 aromatic heterocycles. The molecule has 28 heavy (non-hydrogen) atoms. The third-order valence-electron chi connectivity index (χ3n) is 4.82. The second kappa shape index (κ2) is 8.86. The van der Waals surface area contributed by atoms with Crippen molar-refractivity contribution in [3.05, 3.63) is 58.0 Å². The van der Waals surface area contributed by atoms with Crippen LogP contribution in [0.5, 0.6) is 0 Å². The number of nitrogens with zero attached hydrogens (tertiary/aromatic N) is 1. The summed E-state index contributed by atoms with van der Waals surface area (Å²) in [5.41, 5.74) is 0.764. The van der Waals surface area contributed by atoms with Gasteiger partial charge in [0, 0.05) is 16.1 Å². The summed E-state index contributed by atoms with van der Waals surface area (Å²) in [6.07, 6.45) is 2.07. The van der Waals surface area contributed by atoms with E-state index in [-0.39, 0.29) is 36.0 Å². The van der Waals surface area contributed by atoms with Gasteiger partial charge >= 0.3 is 0 Å². The molecule has 1 aromatic carbocycles. The van der Waals surface area contributed by atoms with E-state index in [1.165, 1.54) is 0 Å². The normalized spacial score (nSPS) is 19.6. The molecule has 152 valence electrons. The third-order valence-corrected chi connectivity index (χ3v) is 7.13. The second-order valence-corrected chi connectivity index (χ2v) is 10.1. The first-order valence-corrected chi connectivity index (χ1v) is 11.5. The van der Waals surface area contributed by atoms with Crippen molar-refractivity contribution in [2.75, 3.05) is 18.1 Å². The minimum absolute atomic E-state index is 0.0551. The number of benzene rings is 1. The predicted molar refractivity (Wildman–Crippen MR) is 109 cm³/mol. The molecule has 1 N–H and O–H groups in total. The van der Waals surface area contributed by atoms with E-state index in [0.29, 0.717) is 28.8 Å². The van der Waals surface area contributed by atoms with Crippen molar-refractivity contribution >= 4 is 38.9 Å². The third kappa shape index (κ3) is 5.50. The molecule has 2 aromatic rings. The van der Waals surface area contributed by atoms with Gasteiger partial charge < -0.3 is 9.73 Å². The lowest BCUT2D eigenvalue weighted by Gasteiger charge is -2.27. The molecule has 9 heteroatoms. The number of rotatable bonds is 7. The van der Waals surface area contributed by atoms with E-state index in [4.69, 9.17) is 27.6 Å². The first-order valence-electron chi connectivity index (χ1n) is 8.94. The van der Waals surface area contributed by atoms with Gasteiger partial charge in [0.05, 0.1) is 36.9 Å². The molecule has 0 radical (unpaired) electrons. The van der Waals surface area contributed by atoms with Crippen molar-refractivity contribution in [1.82, 2.24) is 10.2 Å². The smallest absolute Gasteiger partial charge is 0.234 e. The quantitative estimate of drug-likeness (QED) is 0.706. The van der Waals surface area contributed by atoms with Crippen LogP contribution in [0.4, 0.5) is 0 Å². The molecule has 0 spiro atoms. The van der Waals surface area contributed by atoms with E-state index >= 15 is 0 Å². The maximum Gasteiger partial charge on any atom is 0.234 e. The topological polar surface area (TPSA) is 79.6 Å². The molecule has 1 aliphatic rings. The Morgan fingerprint density at radius 1 is 1.36 bits per heavy atom. The highest BCUT2D eigenvalue weighted by atomic mass is 35.5. The summed E-state index contributed by atoms with van der Waals surface area (Å²) in [4.78, 5) is 14.5. The van der Waals surface area contributed by atoms with Crippen molar-refractivity contribution < 1.29 is 17.6 Å². The Bertz CT molecular complexity index is 931. The lowest BCUT2D eigenvalue weighted by Crippen LogP contribution is -2.43. The monoisotopic (exact) mass is 444 g/mol. The number of furan rings is 1. The zero-order valence-electron chi connectivity index (χ0n) is 15.4. The average Bonchev–Trinajstić information content (AvgIpc) is 3.23. The summed E-state index contributed by atoms with van der Waals surface area (Å²) in [6.45, 7) is 2.27. The van der Waals surface area contributed by atoms with Crippen molar-refractivity contribution in [1.29, 1.82) is 0 Å². The molecular weight excluding hydrogens is 423 g/mol. The van der Waals surface area contributed by atoms with E-state index in [2.05, 4.69) is 5.32 Å².